The quantitative estimate of drug-likeness (QED) is 0.509. The monoisotopic (exact) mass is 416 g/mol. The van der Waals surface area contributed by atoms with Crippen LogP contribution >= 0.6 is 0 Å². The van der Waals surface area contributed by atoms with E-state index in [1.54, 1.807) is 12.1 Å². The van der Waals surface area contributed by atoms with Crippen LogP contribution in [-0.2, 0) is 5.41 Å². The molecule has 0 fully saturated rings. The highest BCUT2D eigenvalue weighted by molar-refractivity contribution is 6.01. The number of nitrogens with zero attached hydrogens (tertiary/aromatic N) is 4. The third-order valence-corrected chi connectivity index (χ3v) is 6.62. The fourth-order valence-corrected chi connectivity index (χ4v) is 4.88. The smallest absolute Gasteiger partial charge is 0.205 e. The molecule has 3 aliphatic rings. The molecule has 4 rings (SSSR count). The highest BCUT2D eigenvalue weighted by Gasteiger charge is 2.62. The molecule has 5 heteroatoms. The van der Waals surface area contributed by atoms with Crippen molar-refractivity contribution in [2.24, 2.45) is 5.41 Å². The fourth-order valence-electron chi connectivity index (χ4n) is 4.88. The van der Waals surface area contributed by atoms with Crippen LogP contribution in [0.1, 0.15) is 53.1 Å². The summed E-state index contributed by atoms with van der Waals surface area (Å²) in [5.41, 5.74) is 2.64. The van der Waals surface area contributed by atoms with Crippen LogP contribution in [0.25, 0.3) is 22.8 Å². The van der Waals surface area contributed by atoms with Gasteiger partial charge in [0.05, 0.1) is 36.8 Å². The van der Waals surface area contributed by atoms with E-state index < -0.39 is 10.8 Å². The summed E-state index contributed by atoms with van der Waals surface area (Å²) in [7, 11) is 0. The molecule has 0 aromatic carbocycles. The molecule has 1 heterocycles. The minimum absolute atomic E-state index is 0.280. The molecule has 1 aromatic heterocycles. The van der Waals surface area contributed by atoms with Gasteiger partial charge in [0.15, 0.2) is 0 Å². The molecule has 1 aromatic rings. The maximum absolute atomic E-state index is 10.4. The highest BCUT2D eigenvalue weighted by atomic mass is 16.3. The number of aryl methyl sites for hydroxylation is 1. The van der Waals surface area contributed by atoms with Crippen molar-refractivity contribution >= 4 is 11.6 Å². The third-order valence-electron chi connectivity index (χ3n) is 6.62. The van der Waals surface area contributed by atoms with Gasteiger partial charge in [-0.25, -0.2) is 0 Å². The standard InChI is InChI=1S/C27H20N4O/c1-16(2)19-6-5-17(3)24-21(9-19)18(4)25-22(24)10-23(20-7-8-32-11-20)26(12-28,13-29)27(25,14-30)15-31/h5-11,16H,1-4H3. The van der Waals surface area contributed by atoms with Crippen LogP contribution in [0.3, 0.4) is 0 Å². The lowest BCUT2D eigenvalue weighted by molar-refractivity contribution is 0.499. The van der Waals surface area contributed by atoms with Crippen LogP contribution in [0.5, 0.6) is 0 Å². The van der Waals surface area contributed by atoms with Gasteiger partial charge >= 0.3 is 0 Å². The molecule has 0 amide bonds. The van der Waals surface area contributed by atoms with E-state index >= 15 is 0 Å². The van der Waals surface area contributed by atoms with Gasteiger partial charge in [0, 0.05) is 16.7 Å². The Kier molecular flexibility index (Phi) is 4.66. The van der Waals surface area contributed by atoms with Crippen LogP contribution in [0.15, 0.2) is 41.2 Å². The first kappa shape index (κ1) is 20.9. The van der Waals surface area contributed by atoms with Crippen molar-refractivity contribution in [2.75, 3.05) is 0 Å². The molecule has 0 bridgehead atoms. The zero-order valence-corrected chi connectivity index (χ0v) is 18.3. The minimum Gasteiger partial charge on any atom is -0.472 e. The second kappa shape index (κ2) is 7.13. The van der Waals surface area contributed by atoms with Crippen molar-refractivity contribution in [3.63, 3.8) is 0 Å². The lowest BCUT2D eigenvalue weighted by Crippen LogP contribution is -2.45. The first-order valence-electron chi connectivity index (χ1n) is 10.3. The molecule has 0 N–H and O–H groups in total. The minimum atomic E-state index is -2.01. The molecule has 0 unspecified atom stereocenters. The average Bonchev–Trinajstić information content (AvgIpc) is 3.37. The summed E-state index contributed by atoms with van der Waals surface area (Å²) in [6, 6.07) is 16.1. The van der Waals surface area contributed by atoms with Gasteiger partial charge in [-0.2, -0.15) is 21.0 Å². The summed E-state index contributed by atoms with van der Waals surface area (Å²) in [5, 5.41) is 41.3. The Morgan fingerprint density at radius 2 is 1.56 bits per heavy atom. The van der Waals surface area contributed by atoms with Gasteiger partial charge in [0.25, 0.3) is 0 Å². The number of allylic oxidation sites excluding steroid dienone is 1. The number of furan rings is 1. The Morgan fingerprint density at radius 1 is 0.906 bits per heavy atom. The molecular weight excluding hydrogens is 396 g/mol. The Morgan fingerprint density at radius 3 is 2.09 bits per heavy atom. The van der Waals surface area contributed by atoms with Crippen molar-refractivity contribution < 1.29 is 4.42 Å². The van der Waals surface area contributed by atoms with E-state index in [9.17, 15) is 21.0 Å². The number of rotatable bonds is 2. The van der Waals surface area contributed by atoms with Crippen LogP contribution in [0.2, 0.25) is 0 Å². The van der Waals surface area contributed by atoms with Gasteiger partial charge in [-0.1, -0.05) is 32.0 Å². The summed E-state index contributed by atoms with van der Waals surface area (Å²) in [6.45, 7) is 8.08. The van der Waals surface area contributed by atoms with Gasteiger partial charge in [-0.15, -0.1) is 0 Å². The van der Waals surface area contributed by atoms with Crippen molar-refractivity contribution in [2.45, 2.75) is 39.0 Å². The van der Waals surface area contributed by atoms with Gasteiger partial charge in [0.2, 0.25) is 10.8 Å². The Hall–Kier alpha value is -4.32. The average molecular weight is 416 g/mol. The van der Waals surface area contributed by atoms with Crippen molar-refractivity contribution in [1.82, 2.24) is 0 Å². The van der Waals surface area contributed by atoms with E-state index in [0.717, 1.165) is 27.8 Å². The molecule has 0 saturated heterocycles. The number of hydrogen-bond acceptors (Lipinski definition) is 5. The first-order chi connectivity index (χ1) is 15.3. The zero-order valence-electron chi connectivity index (χ0n) is 18.3. The van der Waals surface area contributed by atoms with Crippen molar-refractivity contribution in [1.29, 1.82) is 21.0 Å². The van der Waals surface area contributed by atoms with Gasteiger partial charge in [-0.05, 0) is 65.3 Å². The zero-order chi connectivity index (χ0) is 23.3. The summed E-state index contributed by atoms with van der Waals surface area (Å²) >= 11 is 0. The molecule has 154 valence electrons. The second-order valence-electron chi connectivity index (χ2n) is 8.53. The maximum Gasteiger partial charge on any atom is 0.205 e. The molecule has 0 saturated carbocycles. The number of hydrogen-bond donors (Lipinski definition) is 0. The number of fused-ring (bicyclic) bond motifs is 3. The van der Waals surface area contributed by atoms with Gasteiger partial charge in [-0.3, -0.25) is 0 Å². The topological polar surface area (TPSA) is 108 Å². The summed E-state index contributed by atoms with van der Waals surface area (Å²) < 4.78 is 5.22. The summed E-state index contributed by atoms with van der Waals surface area (Å²) in [5.74, 6) is 0.280. The van der Waals surface area contributed by atoms with Crippen LogP contribution in [0, 0.1) is 64.6 Å². The second-order valence-corrected chi connectivity index (χ2v) is 8.53. The highest BCUT2D eigenvalue weighted by Crippen LogP contribution is 2.59. The lowest BCUT2D eigenvalue weighted by Gasteiger charge is -2.37. The molecular formula is C27H20N4O. The Labute approximate surface area is 187 Å². The SMILES string of the molecule is Cc1ccc(C(C)C)cc2c(C)c3c(c1-2)C=C(c1ccoc1)C(C#N)(C#N)C3(C#N)C#N. The molecule has 3 aliphatic carbocycles. The van der Waals surface area contributed by atoms with E-state index in [2.05, 4.69) is 38.1 Å². The van der Waals surface area contributed by atoms with Gasteiger partial charge < -0.3 is 4.42 Å². The molecule has 5 nitrogen and oxygen atoms in total. The predicted octanol–water partition coefficient (Wildman–Crippen LogP) is 6.00. The number of nitriles is 4. The maximum atomic E-state index is 10.4. The molecule has 0 atom stereocenters. The largest absolute Gasteiger partial charge is 0.472 e. The fraction of sp³-hybridized carbons (Fsp3) is 0.259. The summed E-state index contributed by atoms with van der Waals surface area (Å²) in [6.07, 6.45) is 4.67. The summed E-state index contributed by atoms with van der Waals surface area (Å²) in [4.78, 5) is 0. The first-order valence-corrected chi connectivity index (χ1v) is 10.3. The van der Waals surface area contributed by atoms with E-state index in [-0.39, 0.29) is 5.92 Å². The van der Waals surface area contributed by atoms with Gasteiger partial charge in [0.1, 0.15) is 0 Å². The van der Waals surface area contributed by atoms with E-state index in [4.69, 9.17) is 4.42 Å². The molecule has 32 heavy (non-hydrogen) atoms. The van der Waals surface area contributed by atoms with E-state index in [0.29, 0.717) is 22.3 Å². The third kappa shape index (κ3) is 2.40. The van der Waals surface area contributed by atoms with E-state index in [1.807, 2.05) is 32.1 Å². The molecule has 0 spiro atoms. The Balaban J connectivity index is 2.28. The normalized spacial score (nSPS) is 15.7. The van der Waals surface area contributed by atoms with Crippen molar-refractivity contribution in [3.05, 3.63) is 70.2 Å². The van der Waals surface area contributed by atoms with Crippen LogP contribution < -0.4 is 0 Å². The van der Waals surface area contributed by atoms with Crippen molar-refractivity contribution in [3.8, 4) is 35.4 Å². The lowest BCUT2D eigenvalue weighted by atomic mass is 9.55. The van der Waals surface area contributed by atoms with E-state index in [1.165, 1.54) is 12.5 Å². The molecule has 0 aliphatic heterocycles. The molecule has 0 radical (unpaired) electrons. The van der Waals surface area contributed by atoms with Crippen LogP contribution in [-0.4, -0.2) is 0 Å². The predicted molar refractivity (Wildman–Crippen MR) is 120 cm³/mol. The van der Waals surface area contributed by atoms with Crippen LogP contribution in [0.4, 0.5) is 0 Å². The Bertz CT molecular complexity index is 1380.